The van der Waals surface area contributed by atoms with Crippen LogP contribution in [0.5, 0.6) is 17.2 Å². The number of likely N-dealkylation sites (tertiary alicyclic amines) is 2. The summed E-state index contributed by atoms with van der Waals surface area (Å²) < 4.78 is 49.1. The van der Waals surface area contributed by atoms with Crippen LogP contribution >= 0.6 is 0 Å². The van der Waals surface area contributed by atoms with E-state index in [1.807, 2.05) is 150 Å². The summed E-state index contributed by atoms with van der Waals surface area (Å²) in [6, 6.07) is 36.8. The second kappa shape index (κ2) is 48.8. The van der Waals surface area contributed by atoms with Gasteiger partial charge in [0.15, 0.2) is 0 Å². The Morgan fingerprint density at radius 1 is 0.420 bits per heavy atom. The lowest BCUT2D eigenvalue weighted by Crippen LogP contribution is -2.44. The molecule has 7 aliphatic heterocycles. The molecule has 30 heteroatoms. The van der Waals surface area contributed by atoms with E-state index in [1.165, 1.54) is 22.6 Å². The van der Waals surface area contributed by atoms with Crippen molar-refractivity contribution in [1.29, 1.82) is 0 Å². The highest BCUT2D eigenvalue weighted by Gasteiger charge is 2.46. The number of rotatable bonds is 32. The number of benzene rings is 6. The molecule has 6 atom stereocenters. The van der Waals surface area contributed by atoms with Gasteiger partial charge in [0, 0.05) is 211 Å². The number of hydrogen-bond acceptors (Lipinski definition) is 22. The van der Waals surface area contributed by atoms with E-state index in [1.54, 1.807) is 127 Å². The SMILES string of the molecule is C1CCOC1.COCCCOc1cc(C(=O)N(C[C@@H]2CN(C(=O)OC(C)(C)C)C[C@H]2CN2C(=O)c3ccccc3C2=O)C(C)C)ccc1C.COCCCOc1cc(C(=O)N(C[C@@H]2CN(C(=O)OC(C)(C)C)C[C@H]2CO)C(C)C)ccc1C.COCCCOc1cc(C(=O)N(C[C@@H]2CNC[C@H]2CN2C(=O)c3ccccc3C2=O)C(C)C)ccc1C.O=C1NC(=O)c2ccccc21. The third kappa shape index (κ3) is 28.7. The molecular weight excluding hydrogens is 1680 g/mol. The van der Waals surface area contributed by atoms with Crippen LogP contribution in [0.2, 0.25) is 0 Å². The van der Waals surface area contributed by atoms with E-state index in [-0.39, 0.29) is 126 Å². The van der Waals surface area contributed by atoms with Crippen molar-refractivity contribution in [2.45, 2.75) is 165 Å². The number of aliphatic hydroxyl groups is 1. The van der Waals surface area contributed by atoms with Gasteiger partial charge in [0.1, 0.15) is 28.5 Å². The van der Waals surface area contributed by atoms with Gasteiger partial charge in [-0.15, -0.1) is 0 Å². The fourth-order valence-corrected chi connectivity index (χ4v) is 16.4. The lowest BCUT2D eigenvalue weighted by Gasteiger charge is -2.32. The third-order valence-corrected chi connectivity index (χ3v) is 23.7. The molecule has 7 aliphatic rings. The van der Waals surface area contributed by atoms with Gasteiger partial charge in [-0.2, -0.15) is 0 Å². The molecule has 0 unspecified atom stereocenters. The van der Waals surface area contributed by atoms with Crippen LogP contribution in [0.25, 0.3) is 0 Å². The summed E-state index contributed by atoms with van der Waals surface area (Å²) in [5.74, 6) is -0.433. The Kier molecular flexibility index (Phi) is 38.6. The van der Waals surface area contributed by atoms with E-state index in [0.29, 0.717) is 166 Å². The molecular formula is C101H137N9O21. The zero-order valence-corrected chi connectivity index (χ0v) is 79.7. The molecule has 712 valence electrons. The normalized spacial score (nSPS) is 18.4. The Morgan fingerprint density at radius 3 is 1.04 bits per heavy atom. The summed E-state index contributed by atoms with van der Waals surface area (Å²) in [5, 5.41) is 15.6. The van der Waals surface area contributed by atoms with Crippen LogP contribution in [0.4, 0.5) is 9.59 Å². The molecule has 11 amide bonds. The first-order chi connectivity index (χ1) is 62.4. The average Bonchev–Trinajstić information content (AvgIpc) is 1.63. The van der Waals surface area contributed by atoms with Crippen molar-refractivity contribution in [3.63, 3.8) is 0 Å². The second-order valence-corrected chi connectivity index (χ2v) is 37.0. The Balaban J connectivity index is 0.000000204. The molecule has 0 aliphatic carbocycles. The zero-order valence-electron chi connectivity index (χ0n) is 79.7. The molecule has 131 heavy (non-hydrogen) atoms. The molecule has 7 heterocycles. The molecule has 6 aromatic rings. The Morgan fingerprint density at radius 2 is 0.725 bits per heavy atom. The number of aryl methyl sites for hydroxylation is 3. The quantitative estimate of drug-likeness (QED) is 0.0261. The fraction of sp³-hybridized carbons (Fsp3) is 0.535. The van der Waals surface area contributed by atoms with Crippen LogP contribution in [-0.2, 0) is 28.4 Å². The van der Waals surface area contributed by atoms with Crippen molar-refractivity contribution in [3.8, 4) is 17.2 Å². The van der Waals surface area contributed by atoms with Gasteiger partial charge in [0.2, 0.25) is 0 Å². The van der Waals surface area contributed by atoms with Crippen molar-refractivity contribution in [1.82, 2.24) is 44.9 Å². The second-order valence-electron chi connectivity index (χ2n) is 37.0. The van der Waals surface area contributed by atoms with Crippen molar-refractivity contribution in [3.05, 3.63) is 194 Å². The van der Waals surface area contributed by atoms with Crippen LogP contribution in [0.15, 0.2) is 127 Å². The number of ether oxygens (including phenoxy) is 9. The lowest BCUT2D eigenvalue weighted by molar-refractivity contribution is 0.0268. The number of fused-ring (bicyclic) bond motifs is 3. The van der Waals surface area contributed by atoms with Gasteiger partial charge in [-0.05, 0) is 218 Å². The molecule has 0 saturated carbocycles. The minimum Gasteiger partial charge on any atom is -0.493 e. The number of carbonyl (C=O) groups excluding carboxylic acids is 11. The molecule has 4 saturated heterocycles. The maximum Gasteiger partial charge on any atom is 0.410 e. The molecule has 4 fully saturated rings. The predicted octanol–water partition coefficient (Wildman–Crippen LogP) is 13.5. The van der Waals surface area contributed by atoms with Crippen LogP contribution in [0, 0.1) is 56.3 Å². The number of nitrogens with one attached hydrogen (secondary N) is 2. The Bertz CT molecular complexity index is 4810. The third-order valence-electron chi connectivity index (χ3n) is 23.7. The Hall–Kier alpha value is -11.2. The van der Waals surface area contributed by atoms with E-state index in [0.717, 1.165) is 55.7 Å². The van der Waals surface area contributed by atoms with Crippen LogP contribution in [0.1, 0.15) is 225 Å². The standard InChI is InChI=1S/C34H45N3O7.C29H37N3O5.C26H42N2O6.C8H5NO2.C4H8O/c1-22(2)36(30(38)24-14-13-23(3)29(17-24)43-16-10-15-42-7)20-25-18-35(33(41)44-34(4,5)6)19-26(25)21-37-31(39)27-11-8-9-12-28(27)32(37)40;1-19(2)31(27(33)21-11-10-20(3)26(14-21)37-13-7-12-36-4)17-22-15-30-16-23(22)18-32-28(34)24-8-5-6-9-25(24)29(32)35;1-18(2)28(16-21-14-27(15-22(21)17-29)25(31)34-26(4,5)6)24(30)20-10-9-19(3)23(13-20)33-12-8-11-32-7;10-7-5-3-1-2-4-6(5)8(11)9-7;1-2-4-5-3-1/h8-9,11-14,17,22,25-26H,10,15-16,18-21H2,1-7H3;5-6,8-11,14,19,22-23,30H,7,12-13,15-18H2,1-4H3;9-10,13,18,21-22,29H,8,11-12,14-17H2,1-7H3;1-4H,(H,9,10,11);1-4H2/t25-,26-;22-,23-;21-,22-;;/m000../s1. The molecule has 0 bridgehead atoms. The van der Waals surface area contributed by atoms with Crippen molar-refractivity contribution in [2.75, 3.05) is 153 Å². The minimum absolute atomic E-state index is 0.0135. The van der Waals surface area contributed by atoms with Gasteiger partial charge in [-0.25, -0.2) is 9.59 Å². The van der Waals surface area contributed by atoms with E-state index in [9.17, 15) is 57.8 Å². The van der Waals surface area contributed by atoms with E-state index < -0.39 is 17.3 Å². The topological polar surface area (TPSA) is 338 Å². The van der Waals surface area contributed by atoms with Gasteiger partial charge in [-0.3, -0.25) is 58.3 Å². The predicted molar refractivity (Wildman–Crippen MR) is 496 cm³/mol. The first-order valence-electron chi connectivity index (χ1n) is 45.7. The molecule has 0 aromatic heterocycles. The largest absolute Gasteiger partial charge is 0.493 e. The summed E-state index contributed by atoms with van der Waals surface area (Å²) in [6.07, 6.45) is 3.99. The van der Waals surface area contributed by atoms with Gasteiger partial charge < -0.3 is 77.6 Å². The smallest absolute Gasteiger partial charge is 0.410 e. The average molecular weight is 1810 g/mol. The first-order valence-corrected chi connectivity index (χ1v) is 45.7. The number of imide groups is 3. The minimum atomic E-state index is -0.679. The Labute approximate surface area is 771 Å². The van der Waals surface area contributed by atoms with Crippen LogP contribution in [0.3, 0.4) is 0 Å². The maximum absolute atomic E-state index is 13.9. The van der Waals surface area contributed by atoms with Crippen molar-refractivity contribution < 1.29 is 100 Å². The summed E-state index contributed by atoms with van der Waals surface area (Å²) in [6.45, 7) is 38.7. The molecule has 13 rings (SSSR count). The number of methoxy groups -OCH3 is 3. The highest BCUT2D eigenvalue weighted by atomic mass is 16.6. The van der Waals surface area contributed by atoms with Crippen LogP contribution < -0.4 is 24.8 Å². The number of nitrogens with zero attached hydrogens (tertiary/aromatic N) is 7. The van der Waals surface area contributed by atoms with Gasteiger partial charge in [0.25, 0.3) is 53.2 Å². The van der Waals surface area contributed by atoms with E-state index >= 15 is 0 Å². The fourth-order valence-electron chi connectivity index (χ4n) is 16.4. The summed E-state index contributed by atoms with van der Waals surface area (Å²) >= 11 is 0. The number of aliphatic hydroxyl groups excluding tert-OH is 1. The van der Waals surface area contributed by atoms with Gasteiger partial charge in [-0.1, -0.05) is 54.6 Å². The highest BCUT2D eigenvalue weighted by molar-refractivity contribution is 6.23. The lowest BCUT2D eigenvalue weighted by atomic mass is 9.94. The van der Waals surface area contributed by atoms with Crippen LogP contribution in [-0.4, -0.2) is 287 Å². The van der Waals surface area contributed by atoms with Crippen molar-refractivity contribution in [2.24, 2.45) is 35.5 Å². The molecule has 3 N–H and O–H groups in total. The van der Waals surface area contributed by atoms with Gasteiger partial charge in [0.05, 0.1) is 53.2 Å². The van der Waals surface area contributed by atoms with E-state index in [4.69, 9.17) is 42.6 Å². The monoisotopic (exact) mass is 1810 g/mol. The number of carbonyl (C=O) groups is 11. The van der Waals surface area contributed by atoms with Gasteiger partial charge >= 0.3 is 12.2 Å². The molecule has 30 nitrogen and oxygen atoms in total. The summed E-state index contributed by atoms with van der Waals surface area (Å²) in [4.78, 5) is 152. The first kappa shape index (κ1) is 104. The summed E-state index contributed by atoms with van der Waals surface area (Å²) in [7, 11) is 4.96. The summed E-state index contributed by atoms with van der Waals surface area (Å²) in [5.41, 5.74) is 5.90. The maximum atomic E-state index is 13.9. The number of amides is 11. The van der Waals surface area contributed by atoms with E-state index in [2.05, 4.69) is 10.6 Å². The highest BCUT2D eigenvalue weighted by Crippen LogP contribution is 2.36. The van der Waals surface area contributed by atoms with Crippen molar-refractivity contribution >= 4 is 65.4 Å². The molecule has 0 spiro atoms. The number of hydrogen-bond donors (Lipinski definition) is 3. The molecule has 6 aromatic carbocycles. The molecule has 0 radical (unpaired) electrons. The zero-order chi connectivity index (χ0) is 95.6.